The lowest BCUT2D eigenvalue weighted by Crippen LogP contribution is -2.08. The zero-order valence-corrected chi connectivity index (χ0v) is 16.7. The lowest BCUT2D eigenvalue weighted by Gasteiger charge is -2.09. The van der Waals surface area contributed by atoms with E-state index < -0.39 is 0 Å². The highest BCUT2D eigenvalue weighted by molar-refractivity contribution is 9.10. The van der Waals surface area contributed by atoms with Crippen molar-refractivity contribution in [1.29, 1.82) is 0 Å². The van der Waals surface area contributed by atoms with Gasteiger partial charge in [0.05, 0.1) is 5.75 Å². The minimum Gasteiger partial charge on any atom is -0.486 e. The van der Waals surface area contributed by atoms with Crippen LogP contribution >= 0.6 is 27.7 Å². The quantitative estimate of drug-likeness (QED) is 0.384. The van der Waals surface area contributed by atoms with Crippen LogP contribution in [-0.4, -0.2) is 26.3 Å². The van der Waals surface area contributed by atoms with E-state index in [1.54, 1.807) is 0 Å². The Labute approximate surface area is 164 Å². The summed E-state index contributed by atoms with van der Waals surface area (Å²) >= 11 is 4.80. The van der Waals surface area contributed by atoms with E-state index in [1.807, 2.05) is 66.1 Å². The summed E-state index contributed by atoms with van der Waals surface area (Å²) in [6.07, 6.45) is 0. The molecular formula is C19H18BrN3O2S. The SMILES string of the molecule is CCn1c(COc2ccc(Br)cc2)nnc1SCC(=O)c1ccccc1. The molecule has 134 valence electrons. The van der Waals surface area contributed by atoms with E-state index in [9.17, 15) is 4.79 Å². The minimum atomic E-state index is 0.0777. The van der Waals surface area contributed by atoms with Crippen LogP contribution in [0.3, 0.4) is 0 Å². The van der Waals surface area contributed by atoms with Gasteiger partial charge in [-0.3, -0.25) is 4.79 Å². The van der Waals surface area contributed by atoms with Gasteiger partial charge < -0.3 is 9.30 Å². The van der Waals surface area contributed by atoms with E-state index in [2.05, 4.69) is 26.1 Å². The molecule has 0 saturated heterocycles. The number of ether oxygens (including phenoxy) is 1. The molecule has 0 unspecified atom stereocenters. The second kappa shape index (κ2) is 9.00. The molecule has 0 N–H and O–H groups in total. The van der Waals surface area contributed by atoms with E-state index in [-0.39, 0.29) is 5.78 Å². The molecule has 0 aliphatic rings. The molecule has 0 spiro atoms. The molecule has 0 aliphatic carbocycles. The highest BCUT2D eigenvalue weighted by atomic mass is 79.9. The number of carbonyl (C=O) groups is 1. The number of carbonyl (C=O) groups excluding carboxylic acids is 1. The predicted octanol–water partition coefficient (Wildman–Crippen LogP) is 4.61. The van der Waals surface area contributed by atoms with Crippen LogP contribution in [0, 0.1) is 0 Å². The van der Waals surface area contributed by atoms with Gasteiger partial charge in [0.25, 0.3) is 0 Å². The molecule has 1 aromatic heterocycles. The van der Waals surface area contributed by atoms with Gasteiger partial charge in [-0.2, -0.15) is 0 Å². The second-order valence-electron chi connectivity index (χ2n) is 5.46. The Kier molecular flexibility index (Phi) is 6.46. The maximum atomic E-state index is 12.3. The predicted molar refractivity (Wildman–Crippen MR) is 106 cm³/mol. The molecule has 3 rings (SSSR count). The van der Waals surface area contributed by atoms with E-state index in [0.717, 1.165) is 21.2 Å². The van der Waals surface area contributed by atoms with Crippen LogP contribution in [-0.2, 0) is 13.2 Å². The van der Waals surface area contributed by atoms with E-state index in [0.29, 0.717) is 24.5 Å². The first-order chi connectivity index (χ1) is 12.7. The van der Waals surface area contributed by atoms with Crippen molar-refractivity contribution in [1.82, 2.24) is 14.8 Å². The number of ketones is 1. The molecule has 3 aromatic rings. The standard InChI is InChI=1S/C19H18BrN3O2S/c1-2-23-18(12-25-16-10-8-15(20)9-11-16)21-22-19(23)26-13-17(24)14-6-4-3-5-7-14/h3-11H,2,12-13H2,1H3. The fourth-order valence-electron chi connectivity index (χ4n) is 2.37. The zero-order valence-electron chi connectivity index (χ0n) is 14.3. The molecule has 1 heterocycles. The van der Waals surface area contributed by atoms with Crippen LogP contribution in [0.4, 0.5) is 0 Å². The van der Waals surface area contributed by atoms with Gasteiger partial charge in [0, 0.05) is 16.6 Å². The van der Waals surface area contributed by atoms with Crippen LogP contribution < -0.4 is 4.74 Å². The van der Waals surface area contributed by atoms with Crippen molar-refractivity contribution in [3.05, 3.63) is 70.5 Å². The van der Waals surface area contributed by atoms with E-state index in [4.69, 9.17) is 4.74 Å². The van der Waals surface area contributed by atoms with E-state index in [1.165, 1.54) is 11.8 Å². The third-order valence-corrected chi connectivity index (χ3v) is 5.21. The fourth-order valence-corrected chi connectivity index (χ4v) is 3.55. The highest BCUT2D eigenvalue weighted by Gasteiger charge is 2.14. The van der Waals surface area contributed by atoms with Crippen molar-refractivity contribution >= 4 is 33.5 Å². The van der Waals surface area contributed by atoms with Crippen LogP contribution in [0.2, 0.25) is 0 Å². The van der Waals surface area contributed by atoms with Gasteiger partial charge in [0.2, 0.25) is 0 Å². The average molecular weight is 432 g/mol. The molecule has 0 saturated carbocycles. The Hall–Kier alpha value is -2.12. The topological polar surface area (TPSA) is 57.0 Å². The summed E-state index contributed by atoms with van der Waals surface area (Å²) in [4.78, 5) is 12.3. The number of hydrogen-bond acceptors (Lipinski definition) is 5. The molecule has 0 atom stereocenters. The van der Waals surface area contributed by atoms with Crippen molar-refractivity contribution in [2.75, 3.05) is 5.75 Å². The first-order valence-electron chi connectivity index (χ1n) is 8.19. The zero-order chi connectivity index (χ0) is 18.4. The number of halogens is 1. The second-order valence-corrected chi connectivity index (χ2v) is 7.32. The van der Waals surface area contributed by atoms with Crippen LogP contribution in [0.5, 0.6) is 5.75 Å². The molecule has 26 heavy (non-hydrogen) atoms. The average Bonchev–Trinajstić information content (AvgIpc) is 3.08. The first kappa shape index (κ1) is 18.7. The summed E-state index contributed by atoms with van der Waals surface area (Å²) in [6, 6.07) is 16.9. The third kappa shape index (κ3) is 4.74. The minimum absolute atomic E-state index is 0.0777. The molecular weight excluding hydrogens is 414 g/mol. The summed E-state index contributed by atoms with van der Waals surface area (Å²) in [5.41, 5.74) is 0.710. The number of rotatable bonds is 8. The molecule has 7 heteroatoms. The molecule has 0 aliphatic heterocycles. The van der Waals surface area contributed by atoms with Gasteiger partial charge in [0.1, 0.15) is 12.4 Å². The van der Waals surface area contributed by atoms with Crippen molar-refractivity contribution in [2.24, 2.45) is 0 Å². The van der Waals surface area contributed by atoms with Crippen LogP contribution in [0.15, 0.2) is 64.2 Å². The Bertz CT molecular complexity index is 866. The number of thioether (sulfide) groups is 1. The Balaban J connectivity index is 1.62. The highest BCUT2D eigenvalue weighted by Crippen LogP contribution is 2.21. The molecule has 2 aromatic carbocycles. The molecule has 0 fully saturated rings. The lowest BCUT2D eigenvalue weighted by atomic mass is 10.2. The van der Waals surface area contributed by atoms with E-state index >= 15 is 0 Å². The van der Waals surface area contributed by atoms with Crippen molar-refractivity contribution in [3.8, 4) is 5.75 Å². The van der Waals surface area contributed by atoms with Gasteiger partial charge in [-0.15, -0.1) is 10.2 Å². The monoisotopic (exact) mass is 431 g/mol. The lowest BCUT2D eigenvalue weighted by molar-refractivity contribution is 0.102. The largest absolute Gasteiger partial charge is 0.486 e. The normalized spacial score (nSPS) is 10.7. The number of benzene rings is 2. The van der Waals surface area contributed by atoms with Gasteiger partial charge >= 0.3 is 0 Å². The summed E-state index contributed by atoms with van der Waals surface area (Å²) in [6.45, 7) is 3.07. The third-order valence-electron chi connectivity index (χ3n) is 3.72. The smallest absolute Gasteiger partial charge is 0.191 e. The number of hydrogen-bond donors (Lipinski definition) is 0. The van der Waals surface area contributed by atoms with Gasteiger partial charge in [0.15, 0.2) is 16.8 Å². The number of nitrogens with zero attached hydrogens (tertiary/aromatic N) is 3. The maximum Gasteiger partial charge on any atom is 0.191 e. The Morgan fingerprint density at radius 2 is 1.85 bits per heavy atom. The summed E-state index contributed by atoms with van der Waals surface area (Å²) in [5, 5.41) is 9.16. The molecule has 5 nitrogen and oxygen atoms in total. The summed E-state index contributed by atoms with van der Waals surface area (Å²) in [7, 11) is 0. The maximum absolute atomic E-state index is 12.3. The number of Topliss-reactive ketones (excluding diaryl/α,β-unsaturated/α-hetero) is 1. The number of aromatic nitrogens is 3. The summed E-state index contributed by atoms with van der Waals surface area (Å²) < 4.78 is 8.75. The van der Waals surface area contributed by atoms with Crippen molar-refractivity contribution in [3.63, 3.8) is 0 Å². The molecule has 0 radical (unpaired) electrons. The van der Waals surface area contributed by atoms with Crippen molar-refractivity contribution < 1.29 is 9.53 Å². The molecule has 0 amide bonds. The van der Waals surface area contributed by atoms with Crippen molar-refractivity contribution in [2.45, 2.75) is 25.2 Å². The van der Waals surface area contributed by atoms with Crippen LogP contribution in [0.25, 0.3) is 0 Å². The van der Waals surface area contributed by atoms with Crippen LogP contribution in [0.1, 0.15) is 23.1 Å². The van der Waals surface area contributed by atoms with Gasteiger partial charge in [-0.05, 0) is 31.2 Å². The van der Waals surface area contributed by atoms with Gasteiger partial charge in [-0.1, -0.05) is 58.0 Å². The first-order valence-corrected chi connectivity index (χ1v) is 9.96. The fraction of sp³-hybridized carbons (Fsp3) is 0.211. The van der Waals surface area contributed by atoms with Gasteiger partial charge in [-0.25, -0.2) is 0 Å². The Morgan fingerprint density at radius 1 is 1.12 bits per heavy atom. The Morgan fingerprint density at radius 3 is 2.54 bits per heavy atom. The molecule has 0 bridgehead atoms. The summed E-state index contributed by atoms with van der Waals surface area (Å²) in [5.74, 6) is 1.92.